The lowest BCUT2D eigenvalue weighted by Crippen LogP contribution is -1.98. The maximum absolute atomic E-state index is 10.00. The molecule has 0 bridgehead atoms. The first kappa shape index (κ1) is 27.9. The second kappa shape index (κ2) is 13.1. The monoisotopic (exact) mass is 538 g/mol. The Bertz CT molecular complexity index is 1330. The van der Waals surface area contributed by atoms with E-state index < -0.39 is 0 Å². The first-order chi connectivity index (χ1) is 18.9. The molecule has 0 radical (unpaired) electrons. The van der Waals surface area contributed by atoms with E-state index in [4.69, 9.17) is 9.47 Å². The lowest BCUT2D eigenvalue weighted by molar-refractivity contribution is 0.373. The molecule has 0 saturated carbocycles. The summed E-state index contributed by atoms with van der Waals surface area (Å²) in [7, 11) is 3.10. The number of thioether (sulfide) groups is 1. The van der Waals surface area contributed by atoms with E-state index >= 15 is 0 Å². The molecule has 5 heteroatoms. The Morgan fingerprint density at radius 3 is 1.33 bits per heavy atom. The minimum absolute atomic E-state index is 0.0516. The second-order valence-electron chi connectivity index (χ2n) is 9.38. The number of methoxy groups -OCH3 is 2. The minimum Gasteiger partial charge on any atom is -0.504 e. The number of phenols is 2. The molecule has 200 valence electrons. The van der Waals surface area contributed by atoms with Crippen LogP contribution in [-0.2, 0) is 0 Å². The molecule has 2 N–H and O–H groups in total. The van der Waals surface area contributed by atoms with Gasteiger partial charge in [-0.05, 0) is 60.4 Å². The van der Waals surface area contributed by atoms with Gasteiger partial charge in [-0.3, -0.25) is 0 Å². The summed E-state index contributed by atoms with van der Waals surface area (Å²) in [6, 6.07) is 28.0. The molecule has 4 rings (SSSR count). The van der Waals surface area contributed by atoms with Crippen molar-refractivity contribution in [2.45, 2.75) is 24.3 Å². The predicted molar refractivity (Wildman–Crippen MR) is 163 cm³/mol. The molecule has 0 fully saturated rings. The van der Waals surface area contributed by atoms with Gasteiger partial charge in [0.05, 0.1) is 14.2 Å². The van der Waals surface area contributed by atoms with Crippen LogP contribution in [0.1, 0.15) is 43.9 Å². The third kappa shape index (κ3) is 7.49. The van der Waals surface area contributed by atoms with Gasteiger partial charge in [0.15, 0.2) is 23.0 Å². The van der Waals surface area contributed by atoms with Crippen molar-refractivity contribution in [1.82, 2.24) is 0 Å². The summed E-state index contributed by atoms with van der Waals surface area (Å²) in [4.78, 5) is 0. The molecule has 39 heavy (non-hydrogen) atoms. The number of aromatic hydroxyl groups is 2. The fourth-order valence-electron chi connectivity index (χ4n) is 4.13. The van der Waals surface area contributed by atoms with Crippen LogP contribution in [-0.4, -0.2) is 24.4 Å². The molecule has 2 unspecified atom stereocenters. The van der Waals surface area contributed by atoms with Crippen LogP contribution in [0.25, 0.3) is 12.2 Å². The first-order valence-corrected chi connectivity index (χ1v) is 13.7. The van der Waals surface area contributed by atoms with Crippen LogP contribution in [0.5, 0.6) is 23.0 Å². The molecule has 0 aliphatic heterocycles. The van der Waals surface area contributed by atoms with Crippen molar-refractivity contribution >= 4 is 23.9 Å². The average Bonchev–Trinajstić information content (AvgIpc) is 2.95. The van der Waals surface area contributed by atoms with Gasteiger partial charge in [-0.15, -0.1) is 11.8 Å². The van der Waals surface area contributed by atoms with Crippen LogP contribution in [0.15, 0.2) is 97.1 Å². The summed E-state index contributed by atoms with van der Waals surface area (Å²) in [5.41, 5.74) is 6.72. The summed E-state index contributed by atoms with van der Waals surface area (Å²) in [6.07, 6.45) is 8.53. The largest absolute Gasteiger partial charge is 0.504 e. The first-order valence-electron chi connectivity index (χ1n) is 12.8. The van der Waals surface area contributed by atoms with Crippen molar-refractivity contribution < 1.29 is 19.7 Å². The van der Waals surface area contributed by atoms with Crippen molar-refractivity contribution in [1.29, 1.82) is 0 Å². The van der Waals surface area contributed by atoms with Gasteiger partial charge in [0, 0.05) is 10.5 Å². The number of hydrogen-bond acceptors (Lipinski definition) is 5. The van der Waals surface area contributed by atoms with Crippen molar-refractivity contribution in [3.8, 4) is 23.0 Å². The van der Waals surface area contributed by atoms with Crippen molar-refractivity contribution in [2.24, 2.45) is 0 Å². The van der Waals surface area contributed by atoms with E-state index in [-0.39, 0.29) is 22.0 Å². The van der Waals surface area contributed by atoms with Crippen molar-refractivity contribution in [3.05, 3.63) is 130 Å². The SMILES string of the molecule is COc1cc(/C=C\C(SC(/C=C\c2ccc(O)c(OC)c2)c2ccc(C)cc2)c2ccc(C)cc2)ccc1O. The van der Waals surface area contributed by atoms with E-state index in [2.05, 4.69) is 86.7 Å². The summed E-state index contributed by atoms with van der Waals surface area (Å²) in [5, 5.41) is 20.1. The Morgan fingerprint density at radius 2 is 0.974 bits per heavy atom. The van der Waals surface area contributed by atoms with E-state index in [1.165, 1.54) is 22.3 Å². The van der Waals surface area contributed by atoms with E-state index in [0.29, 0.717) is 11.5 Å². The summed E-state index contributed by atoms with van der Waals surface area (Å²) in [5.74, 6) is 1.13. The fourth-order valence-corrected chi connectivity index (χ4v) is 5.42. The third-order valence-corrected chi connectivity index (χ3v) is 7.88. The van der Waals surface area contributed by atoms with Gasteiger partial charge in [0.1, 0.15) is 0 Å². The maximum atomic E-state index is 10.00. The summed E-state index contributed by atoms with van der Waals surface area (Å²) in [6.45, 7) is 4.18. The molecule has 4 nitrogen and oxygen atoms in total. The van der Waals surface area contributed by atoms with Crippen LogP contribution in [0.2, 0.25) is 0 Å². The highest BCUT2D eigenvalue weighted by Gasteiger charge is 2.17. The quantitative estimate of drug-likeness (QED) is 0.212. The number of ether oxygens (including phenoxy) is 2. The molecule has 0 aliphatic rings. The van der Waals surface area contributed by atoms with Gasteiger partial charge in [-0.25, -0.2) is 0 Å². The van der Waals surface area contributed by atoms with Crippen LogP contribution in [0, 0.1) is 13.8 Å². The van der Waals surface area contributed by atoms with Gasteiger partial charge in [-0.2, -0.15) is 0 Å². The van der Waals surface area contributed by atoms with Crippen LogP contribution in [0.4, 0.5) is 0 Å². The average molecular weight is 539 g/mol. The van der Waals surface area contributed by atoms with Crippen molar-refractivity contribution in [2.75, 3.05) is 14.2 Å². The Kier molecular flexibility index (Phi) is 9.40. The topological polar surface area (TPSA) is 58.9 Å². The van der Waals surface area contributed by atoms with E-state index in [9.17, 15) is 10.2 Å². The molecular formula is C34H34O4S. The van der Waals surface area contributed by atoms with Gasteiger partial charge < -0.3 is 19.7 Å². The minimum atomic E-state index is 0.0516. The summed E-state index contributed by atoms with van der Waals surface area (Å²) >= 11 is 1.84. The molecule has 4 aromatic carbocycles. The summed E-state index contributed by atoms with van der Waals surface area (Å²) < 4.78 is 10.6. The second-order valence-corrected chi connectivity index (χ2v) is 10.7. The number of hydrogen-bond donors (Lipinski definition) is 2. The highest BCUT2D eigenvalue weighted by atomic mass is 32.2. The molecule has 2 atom stereocenters. The lowest BCUT2D eigenvalue weighted by atomic mass is 10.1. The number of rotatable bonds is 10. The Morgan fingerprint density at radius 1 is 0.590 bits per heavy atom. The fraction of sp³-hybridized carbons (Fsp3) is 0.176. The van der Waals surface area contributed by atoms with Gasteiger partial charge in [-0.1, -0.05) is 96.1 Å². The highest BCUT2D eigenvalue weighted by Crippen LogP contribution is 2.43. The highest BCUT2D eigenvalue weighted by molar-refractivity contribution is 8.00. The molecule has 0 spiro atoms. The molecule has 0 aliphatic carbocycles. The Labute approximate surface area is 235 Å². The van der Waals surface area contributed by atoms with E-state index in [0.717, 1.165) is 11.1 Å². The normalized spacial score (nSPS) is 13.0. The molecule has 0 aromatic heterocycles. The Balaban J connectivity index is 1.70. The zero-order valence-electron chi connectivity index (χ0n) is 22.7. The van der Waals surface area contributed by atoms with Gasteiger partial charge in [0.2, 0.25) is 0 Å². The smallest absolute Gasteiger partial charge is 0.161 e. The third-order valence-electron chi connectivity index (χ3n) is 6.44. The van der Waals surface area contributed by atoms with Crippen LogP contribution in [0.3, 0.4) is 0 Å². The molecule has 0 saturated heterocycles. The predicted octanol–water partition coefficient (Wildman–Crippen LogP) is 8.67. The molecule has 0 amide bonds. The molecular weight excluding hydrogens is 504 g/mol. The zero-order chi connectivity index (χ0) is 27.8. The number of aryl methyl sites for hydroxylation is 2. The zero-order valence-corrected chi connectivity index (χ0v) is 23.5. The van der Waals surface area contributed by atoms with Crippen molar-refractivity contribution in [3.63, 3.8) is 0 Å². The van der Waals surface area contributed by atoms with Gasteiger partial charge >= 0.3 is 0 Å². The maximum Gasteiger partial charge on any atom is 0.161 e. The van der Waals surface area contributed by atoms with E-state index in [1.54, 1.807) is 26.4 Å². The number of phenolic OH excluding ortho intramolecular Hbond substituents is 2. The molecule has 0 heterocycles. The lowest BCUT2D eigenvalue weighted by Gasteiger charge is -2.21. The molecule has 4 aromatic rings. The number of benzene rings is 4. The Hall–Kier alpha value is -4.09. The van der Waals surface area contributed by atoms with Crippen LogP contribution >= 0.6 is 11.8 Å². The van der Waals surface area contributed by atoms with E-state index in [1.807, 2.05) is 36.0 Å². The standard InChI is InChI=1S/C34H34O4S/c1-23-5-13-27(14-6-23)33(19-11-25-9-17-29(35)31(21-25)37-3)39-34(28-15-7-24(2)8-16-28)20-12-26-10-18-30(36)32(22-26)38-4/h5-22,33-36H,1-4H3/b19-11-,20-12-. The van der Waals surface area contributed by atoms with Gasteiger partial charge in [0.25, 0.3) is 0 Å². The van der Waals surface area contributed by atoms with Crippen LogP contribution < -0.4 is 9.47 Å².